The number of halogens is 4. The van der Waals surface area contributed by atoms with Crippen LogP contribution < -0.4 is 5.32 Å². The summed E-state index contributed by atoms with van der Waals surface area (Å²) < 4.78 is 0. The minimum atomic E-state index is -0.756. The highest BCUT2D eigenvalue weighted by atomic mass is 35.5. The molecule has 3 aromatic rings. The van der Waals surface area contributed by atoms with Crippen LogP contribution in [0.1, 0.15) is 30.5 Å². The molecule has 0 aliphatic heterocycles. The number of hydrogen-bond donors (Lipinski definition) is 1. The highest BCUT2D eigenvalue weighted by Crippen LogP contribution is 2.26. The SMILES string of the molecule is CC(C)CNC(=O)[C@H](Cc1ccccc1)N(Cc1ccc(Cl)cc1Cl)C(=O)Cc1ccc(Cl)c(Cl)c1. The number of rotatable bonds is 10. The third-order valence-electron chi connectivity index (χ3n) is 5.65. The van der Waals surface area contributed by atoms with Crippen molar-refractivity contribution in [2.24, 2.45) is 5.92 Å². The first kappa shape index (κ1) is 28.3. The van der Waals surface area contributed by atoms with Gasteiger partial charge in [-0.25, -0.2) is 0 Å². The lowest BCUT2D eigenvalue weighted by Crippen LogP contribution is -2.51. The molecule has 0 spiro atoms. The van der Waals surface area contributed by atoms with Gasteiger partial charge in [-0.15, -0.1) is 0 Å². The van der Waals surface area contributed by atoms with E-state index in [2.05, 4.69) is 5.32 Å². The molecule has 1 atom stereocenters. The predicted octanol–water partition coefficient (Wildman–Crippen LogP) is 7.26. The van der Waals surface area contributed by atoms with Gasteiger partial charge in [-0.3, -0.25) is 9.59 Å². The average Bonchev–Trinajstić information content (AvgIpc) is 2.84. The lowest BCUT2D eigenvalue weighted by Gasteiger charge is -2.32. The number of amides is 2. The van der Waals surface area contributed by atoms with Gasteiger partial charge >= 0.3 is 0 Å². The fourth-order valence-corrected chi connectivity index (χ4v) is 4.52. The van der Waals surface area contributed by atoms with Crippen molar-refractivity contribution in [2.75, 3.05) is 6.54 Å². The van der Waals surface area contributed by atoms with Gasteiger partial charge in [-0.1, -0.05) is 103 Å². The average molecular weight is 566 g/mol. The molecule has 1 N–H and O–H groups in total. The number of hydrogen-bond acceptors (Lipinski definition) is 2. The smallest absolute Gasteiger partial charge is 0.243 e. The molecular weight excluding hydrogens is 538 g/mol. The number of nitrogens with one attached hydrogen (secondary N) is 1. The predicted molar refractivity (Wildman–Crippen MR) is 149 cm³/mol. The summed E-state index contributed by atoms with van der Waals surface area (Å²) >= 11 is 24.8. The Morgan fingerprint density at radius 2 is 1.56 bits per heavy atom. The van der Waals surface area contributed by atoms with E-state index in [0.717, 1.165) is 5.56 Å². The summed E-state index contributed by atoms with van der Waals surface area (Å²) in [6.07, 6.45) is 0.397. The van der Waals surface area contributed by atoms with Crippen LogP contribution in [0.2, 0.25) is 20.1 Å². The summed E-state index contributed by atoms with van der Waals surface area (Å²) in [7, 11) is 0. The van der Waals surface area contributed by atoms with Crippen molar-refractivity contribution in [3.8, 4) is 0 Å². The van der Waals surface area contributed by atoms with Gasteiger partial charge in [-0.2, -0.15) is 0 Å². The Morgan fingerprint density at radius 3 is 2.19 bits per heavy atom. The molecule has 190 valence electrons. The third kappa shape index (κ3) is 8.14. The van der Waals surface area contributed by atoms with E-state index in [1.165, 1.54) is 0 Å². The Bertz CT molecular complexity index is 1200. The first-order chi connectivity index (χ1) is 17.1. The topological polar surface area (TPSA) is 49.4 Å². The molecule has 0 bridgehead atoms. The van der Waals surface area contributed by atoms with Crippen LogP contribution in [0, 0.1) is 5.92 Å². The zero-order valence-corrected chi connectivity index (χ0v) is 23.1. The second-order valence-corrected chi connectivity index (χ2v) is 10.7. The van der Waals surface area contributed by atoms with Crippen molar-refractivity contribution >= 4 is 58.2 Å². The summed E-state index contributed by atoms with van der Waals surface area (Å²) in [4.78, 5) is 28.8. The maximum absolute atomic E-state index is 13.8. The molecule has 36 heavy (non-hydrogen) atoms. The van der Waals surface area contributed by atoms with Crippen molar-refractivity contribution in [2.45, 2.75) is 39.3 Å². The van der Waals surface area contributed by atoms with Crippen molar-refractivity contribution in [3.05, 3.63) is 104 Å². The van der Waals surface area contributed by atoms with Crippen LogP contribution in [-0.4, -0.2) is 29.3 Å². The molecule has 3 rings (SSSR count). The maximum atomic E-state index is 13.8. The molecule has 2 amide bonds. The van der Waals surface area contributed by atoms with Crippen LogP contribution in [0.3, 0.4) is 0 Å². The summed E-state index contributed by atoms with van der Waals surface area (Å²) in [6, 6.07) is 19.1. The Morgan fingerprint density at radius 1 is 0.833 bits per heavy atom. The fraction of sp³-hybridized carbons (Fsp3) is 0.286. The lowest BCUT2D eigenvalue weighted by atomic mass is 10.0. The first-order valence-corrected chi connectivity index (χ1v) is 13.1. The van der Waals surface area contributed by atoms with Gasteiger partial charge in [-0.05, 0) is 46.9 Å². The normalized spacial score (nSPS) is 11.9. The van der Waals surface area contributed by atoms with Gasteiger partial charge in [0.15, 0.2) is 0 Å². The van der Waals surface area contributed by atoms with E-state index in [4.69, 9.17) is 46.4 Å². The minimum Gasteiger partial charge on any atom is -0.354 e. The van der Waals surface area contributed by atoms with Crippen LogP contribution in [0.4, 0.5) is 0 Å². The highest BCUT2D eigenvalue weighted by Gasteiger charge is 2.31. The number of carbonyl (C=O) groups is 2. The van der Waals surface area contributed by atoms with Gasteiger partial charge in [0.25, 0.3) is 0 Å². The lowest BCUT2D eigenvalue weighted by molar-refractivity contribution is -0.140. The van der Waals surface area contributed by atoms with Gasteiger partial charge < -0.3 is 10.2 Å². The summed E-state index contributed by atoms with van der Waals surface area (Å²) in [5.74, 6) is -0.197. The molecule has 0 saturated heterocycles. The molecule has 0 heterocycles. The minimum absolute atomic E-state index is 0.0465. The molecule has 0 aromatic heterocycles. The highest BCUT2D eigenvalue weighted by molar-refractivity contribution is 6.42. The summed E-state index contributed by atoms with van der Waals surface area (Å²) in [5, 5.41) is 4.70. The second kappa shape index (κ2) is 13.3. The van der Waals surface area contributed by atoms with Crippen LogP contribution >= 0.6 is 46.4 Å². The van der Waals surface area contributed by atoms with E-state index >= 15 is 0 Å². The van der Waals surface area contributed by atoms with Gasteiger partial charge in [0.1, 0.15) is 6.04 Å². The number of benzene rings is 3. The molecule has 0 unspecified atom stereocenters. The maximum Gasteiger partial charge on any atom is 0.243 e. The molecule has 0 radical (unpaired) electrons. The Kier molecular flexibility index (Phi) is 10.5. The molecule has 3 aromatic carbocycles. The first-order valence-electron chi connectivity index (χ1n) is 11.6. The monoisotopic (exact) mass is 564 g/mol. The van der Waals surface area contributed by atoms with Crippen molar-refractivity contribution in [1.82, 2.24) is 10.2 Å². The standard InChI is InChI=1S/C28H28Cl4N2O2/c1-18(2)16-33-28(36)26(13-19-6-4-3-5-7-19)34(17-21-9-10-22(29)15-24(21)31)27(35)14-20-8-11-23(30)25(32)12-20/h3-12,15,18,26H,13-14,16-17H2,1-2H3,(H,33,36)/t26-/m0/s1. The van der Waals surface area contributed by atoms with Crippen LogP contribution in [-0.2, 0) is 29.0 Å². The Balaban J connectivity index is 1.99. The van der Waals surface area contributed by atoms with Crippen molar-refractivity contribution < 1.29 is 9.59 Å². The Hall–Kier alpha value is -2.24. The van der Waals surface area contributed by atoms with Crippen molar-refractivity contribution in [3.63, 3.8) is 0 Å². The van der Waals surface area contributed by atoms with E-state index in [-0.39, 0.29) is 30.7 Å². The largest absolute Gasteiger partial charge is 0.354 e. The second-order valence-electron chi connectivity index (χ2n) is 9.03. The Labute approximate surface area is 232 Å². The zero-order chi connectivity index (χ0) is 26.2. The molecular formula is C28H28Cl4N2O2. The van der Waals surface area contributed by atoms with Crippen LogP contribution in [0.15, 0.2) is 66.7 Å². The summed E-state index contributed by atoms with van der Waals surface area (Å²) in [6.45, 7) is 4.68. The summed E-state index contributed by atoms with van der Waals surface area (Å²) in [5.41, 5.74) is 2.33. The molecule has 0 aliphatic carbocycles. The molecule has 0 aliphatic rings. The molecule has 0 fully saturated rings. The van der Waals surface area contributed by atoms with Crippen LogP contribution in [0.25, 0.3) is 0 Å². The van der Waals surface area contributed by atoms with Gasteiger partial charge in [0.2, 0.25) is 11.8 Å². The van der Waals surface area contributed by atoms with E-state index in [9.17, 15) is 9.59 Å². The van der Waals surface area contributed by atoms with Crippen LogP contribution in [0.5, 0.6) is 0 Å². The molecule has 4 nitrogen and oxygen atoms in total. The quantitative estimate of drug-likeness (QED) is 0.281. The van der Waals surface area contributed by atoms with E-state index in [0.29, 0.717) is 44.2 Å². The van der Waals surface area contributed by atoms with Gasteiger partial charge in [0.05, 0.1) is 16.5 Å². The number of carbonyl (C=O) groups excluding carboxylic acids is 2. The van der Waals surface area contributed by atoms with Crippen molar-refractivity contribution in [1.29, 1.82) is 0 Å². The van der Waals surface area contributed by atoms with E-state index in [1.54, 1.807) is 41.3 Å². The fourth-order valence-electron chi connectivity index (χ4n) is 3.74. The van der Waals surface area contributed by atoms with Gasteiger partial charge in [0, 0.05) is 29.6 Å². The van der Waals surface area contributed by atoms with E-state index in [1.807, 2.05) is 44.2 Å². The molecule has 0 saturated carbocycles. The van der Waals surface area contributed by atoms with E-state index < -0.39 is 6.04 Å². The molecule has 8 heteroatoms. The zero-order valence-electron chi connectivity index (χ0n) is 20.1. The third-order valence-corrected chi connectivity index (χ3v) is 6.98. The number of nitrogens with zero attached hydrogens (tertiary/aromatic N) is 1.